The fourth-order valence-corrected chi connectivity index (χ4v) is 6.20. The van der Waals surface area contributed by atoms with E-state index in [0.29, 0.717) is 23.2 Å². The van der Waals surface area contributed by atoms with Gasteiger partial charge in [0.1, 0.15) is 30.4 Å². The molecular weight excluding hydrogens is 546 g/mol. The summed E-state index contributed by atoms with van der Waals surface area (Å²) in [7, 11) is 1.48. The summed E-state index contributed by atoms with van der Waals surface area (Å²) in [5, 5.41) is 17.5. The molecule has 0 aliphatic carbocycles. The first-order valence-electron chi connectivity index (χ1n) is 12.8. The van der Waals surface area contributed by atoms with Gasteiger partial charge in [0.25, 0.3) is 5.90 Å². The normalized spacial score (nSPS) is 14.1. The van der Waals surface area contributed by atoms with Crippen LogP contribution >= 0.6 is 22.9 Å². The van der Waals surface area contributed by atoms with Crippen molar-refractivity contribution in [3.05, 3.63) is 98.4 Å². The van der Waals surface area contributed by atoms with Gasteiger partial charge >= 0.3 is 0 Å². The number of rotatable bonds is 8. The molecule has 0 bridgehead atoms. The molecule has 1 aliphatic rings. The molecular formula is C30H30ClN5O3S. The Balaban J connectivity index is 1.39. The average Bonchev–Trinajstić information content (AvgIpc) is 3.59. The molecule has 8 nitrogen and oxygen atoms in total. The smallest absolute Gasteiger partial charge is 0.258 e. The number of halogens is 1. The third-order valence-electron chi connectivity index (χ3n) is 7.00. The van der Waals surface area contributed by atoms with Crippen LogP contribution in [0.5, 0.6) is 0 Å². The Morgan fingerprint density at radius 2 is 1.98 bits per heavy atom. The van der Waals surface area contributed by atoms with Crippen molar-refractivity contribution in [1.29, 1.82) is 0 Å². The average molecular weight is 576 g/mol. The molecule has 0 fully saturated rings. The second-order valence-electron chi connectivity index (χ2n) is 9.78. The van der Waals surface area contributed by atoms with E-state index in [-0.39, 0.29) is 18.2 Å². The molecule has 0 radical (unpaired) electrons. The highest BCUT2D eigenvalue weighted by Gasteiger charge is 2.26. The molecule has 40 heavy (non-hydrogen) atoms. The standard InChI is InChI=1S/C30H30ClN5O3S/c1-16(13-26(37)32-24-11-12-25-22(14-24)15-39-29(25)35-38-6)28-34-33-20(5)36(28)30-27(17(2)19(4)40-30)18(3)21-7-9-23(31)10-8-21/h7-12,14,16H,3,13,15H2,1-2,4-6H3,(H,32,37)/b35-29-/t16-/m0/s1. The summed E-state index contributed by atoms with van der Waals surface area (Å²) in [5.41, 5.74) is 6.58. The van der Waals surface area contributed by atoms with Crippen LogP contribution in [0.25, 0.3) is 10.6 Å². The molecule has 4 aromatic rings. The lowest BCUT2D eigenvalue weighted by Gasteiger charge is -2.16. The number of carbonyl (C=O) groups is 1. The number of hydrogen-bond donors (Lipinski definition) is 1. The van der Waals surface area contributed by atoms with E-state index in [1.165, 1.54) is 12.0 Å². The van der Waals surface area contributed by atoms with E-state index in [1.807, 2.05) is 56.3 Å². The molecule has 10 heteroatoms. The number of fused-ring (bicyclic) bond motifs is 1. The number of hydrogen-bond acceptors (Lipinski definition) is 7. The summed E-state index contributed by atoms with van der Waals surface area (Å²) in [6, 6.07) is 13.3. The van der Waals surface area contributed by atoms with Crippen molar-refractivity contribution in [3.63, 3.8) is 0 Å². The number of aromatic nitrogens is 3. The second-order valence-corrected chi connectivity index (χ2v) is 11.4. The number of benzene rings is 2. The number of nitrogens with zero attached hydrogens (tertiary/aromatic N) is 4. The van der Waals surface area contributed by atoms with Crippen LogP contribution in [0.2, 0.25) is 5.02 Å². The Bertz CT molecular complexity index is 1640. The van der Waals surface area contributed by atoms with Crippen molar-refractivity contribution in [2.45, 2.75) is 46.6 Å². The van der Waals surface area contributed by atoms with Gasteiger partial charge in [-0.25, -0.2) is 0 Å². The fraction of sp³-hybridized carbons (Fsp3) is 0.267. The van der Waals surface area contributed by atoms with Crippen LogP contribution in [0, 0.1) is 20.8 Å². The lowest BCUT2D eigenvalue weighted by atomic mass is 9.97. The predicted molar refractivity (Wildman–Crippen MR) is 159 cm³/mol. The molecule has 2 aromatic carbocycles. The number of aryl methyl sites for hydroxylation is 2. The maximum absolute atomic E-state index is 13.1. The van der Waals surface area contributed by atoms with Crippen LogP contribution in [0.1, 0.15) is 63.6 Å². The van der Waals surface area contributed by atoms with Crippen LogP contribution in [-0.4, -0.2) is 33.7 Å². The van der Waals surface area contributed by atoms with Gasteiger partial charge in [0, 0.05) is 44.6 Å². The summed E-state index contributed by atoms with van der Waals surface area (Å²) in [6.45, 7) is 12.9. The Kier molecular flexibility index (Phi) is 7.78. The van der Waals surface area contributed by atoms with Crippen LogP contribution < -0.4 is 5.32 Å². The molecule has 1 N–H and O–H groups in total. The van der Waals surface area contributed by atoms with Crippen molar-refractivity contribution in [2.75, 3.05) is 12.4 Å². The van der Waals surface area contributed by atoms with Gasteiger partial charge in [0.05, 0.1) is 0 Å². The van der Waals surface area contributed by atoms with E-state index < -0.39 is 0 Å². The number of ether oxygens (including phenoxy) is 1. The minimum Gasteiger partial charge on any atom is -0.470 e. The number of thiophene rings is 1. The largest absolute Gasteiger partial charge is 0.470 e. The third-order valence-corrected chi connectivity index (χ3v) is 8.45. The van der Waals surface area contributed by atoms with E-state index in [2.05, 4.69) is 45.7 Å². The van der Waals surface area contributed by atoms with Gasteiger partial charge in [0.2, 0.25) is 5.91 Å². The zero-order chi connectivity index (χ0) is 28.6. The molecule has 1 atom stereocenters. The van der Waals surface area contributed by atoms with Crippen LogP contribution in [0.3, 0.4) is 0 Å². The summed E-state index contributed by atoms with van der Waals surface area (Å²) in [4.78, 5) is 19.1. The lowest BCUT2D eigenvalue weighted by molar-refractivity contribution is -0.116. The second kappa shape index (κ2) is 11.3. The molecule has 1 amide bonds. The number of nitrogens with one attached hydrogen (secondary N) is 1. The molecule has 0 spiro atoms. The quantitative estimate of drug-likeness (QED) is 0.230. The van der Waals surface area contributed by atoms with Gasteiger partial charge in [-0.3, -0.25) is 9.36 Å². The zero-order valence-corrected chi connectivity index (χ0v) is 24.6. The number of anilines is 1. The number of oxime groups is 1. The van der Waals surface area contributed by atoms with Gasteiger partial charge in [-0.2, -0.15) is 0 Å². The lowest BCUT2D eigenvalue weighted by Crippen LogP contribution is -2.17. The molecule has 206 valence electrons. The monoisotopic (exact) mass is 575 g/mol. The molecule has 2 aromatic heterocycles. The minimum absolute atomic E-state index is 0.117. The highest BCUT2D eigenvalue weighted by atomic mass is 35.5. The van der Waals surface area contributed by atoms with E-state index in [0.717, 1.165) is 50.0 Å². The fourth-order valence-electron chi connectivity index (χ4n) is 4.83. The van der Waals surface area contributed by atoms with E-state index in [4.69, 9.17) is 21.2 Å². The Morgan fingerprint density at radius 3 is 2.70 bits per heavy atom. The summed E-state index contributed by atoms with van der Waals surface area (Å²) in [5.74, 6) is 1.60. The maximum Gasteiger partial charge on any atom is 0.258 e. The molecule has 0 saturated heterocycles. The highest BCUT2D eigenvalue weighted by molar-refractivity contribution is 7.15. The van der Waals surface area contributed by atoms with Crippen LogP contribution in [0.15, 0.2) is 54.2 Å². The van der Waals surface area contributed by atoms with E-state index in [9.17, 15) is 4.79 Å². The maximum atomic E-state index is 13.1. The predicted octanol–water partition coefficient (Wildman–Crippen LogP) is 6.94. The molecule has 5 rings (SSSR count). The summed E-state index contributed by atoms with van der Waals surface area (Å²) < 4.78 is 7.61. The first-order valence-corrected chi connectivity index (χ1v) is 14.0. The van der Waals surface area contributed by atoms with Gasteiger partial charge in [0.15, 0.2) is 0 Å². The Labute approximate surface area is 242 Å². The van der Waals surface area contributed by atoms with Crippen LogP contribution in [-0.2, 0) is 21.0 Å². The minimum atomic E-state index is -0.196. The molecule has 1 aliphatic heterocycles. The molecule has 3 heterocycles. The van der Waals surface area contributed by atoms with Crippen molar-refractivity contribution >= 4 is 46.0 Å². The first kappa shape index (κ1) is 27.6. The topological polar surface area (TPSA) is 90.6 Å². The number of carbonyl (C=O) groups excluding carboxylic acids is 1. The van der Waals surface area contributed by atoms with E-state index >= 15 is 0 Å². The third kappa shape index (κ3) is 5.26. The van der Waals surface area contributed by atoms with Crippen LogP contribution in [0.4, 0.5) is 5.69 Å². The zero-order valence-electron chi connectivity index (χ0n) is 23.0. The van der Waals surface area contributed by atoms with E-state index in [1.54, 1.807) is 11.3 Å². The van der Waals surface area contributed by atoms with Gasteiger partial charge in [-0.15, -0.1) is 21.5 Å². The SMILES string of the molecule is C=C(c1ccc(Cl)cc1)c1c(-n2c(C)nnc2[C@@H](C)CC(=O)Nc2ccc3c(c2)CO/C3=N\OC)sc(C)c1C. The molecule has 0 unspecified atom stereocenters. The van der Waals surface area contributed by atoms with Gasteiger partial charge in [-0.05, 0) is 73.0 Å². The summed E-state index contributed by atoms with van der Waals surface area (Å²) >= 11 is 7.80. The van der Waals surface area contributed by atoms with Crippen molar-refractivity contribution in [1.82, 2.24) is 14.8 Å². The summed E-state index contributed by atoms with van der Waals surface area (Å²) in [6.07, 6.45) is 0.235. The van der Waals surface area contributed by atoms with Gasteiger partial charge in [-0.1, -0.05) is 37.2 Å². The highest BCUT2D eigenvalue weighted by Crippen LogP contribution is 2.40. The van der Waals surface area contributed by atoms with Gasteiger partial charge < -0.3 is 14.9 Å². The first-order chi connectivity index (χ1) is 19.2. The number of amides is 1. The Hall–Kier alpha value is -3.95. The van der Waals surface area contributed by atoms with Crippen molar-refractivity contribution < 1.29 is 14.4 Å². The van der Waals surface area contributed by atoms with Crippen molar-refractivity contribution in [2.24, 2.45) is 5.16 Å². The van der Waals surface area contributed by atoms with Crippen molar-refractivity contribution in [3.8, 4) is 5.00 Å². The Morgan fingerprint density at radius 1 is 1.23 bits per heavy atom. The molecule has 0 saturated carbocycles.